The molecule has 0 saturated carbocycles. The van der Waals surface area contributed by atoms with E-state index in [4.69, 9.17) is 9.84 Å². The Balaban J connectivity index is 1.88. The van der Waals surface area contributed by atoms with E-state index >= 15 is 0 Å². The summed E-state index contributed by atoms with van der Waals surface area (Å²) >= 11 is 0. The van der Waals surface area contributed by atoms with Crippen molar-refractivity contribution in [3.8, 4) is 0 Å². The molecule has 0 aromatic carbocycles. The van der Waals surface area contributed by atoms with Gasteiger partial charge in [-0.2, -0.15) is 0 Å². The first-order chi connectivity index (χ1) is 11.2. The molecule has 0 radical (unpaired) electrons. The van der Waals surface area contributed by atoms with Gasteiger partial charge < -0.3 is 9.84 Å². The predicted octanol–water partition coefficient (Wildman–Crippen LogP) is 6.13. The minimum absolute atomic E-state index is 0.317. The van der Waals surface area contributed by atoms with E-state index in [-0.39, 0.29) is 0 Å². The summed E-state index contributed by atoms with van der Waals surface area (Å²) in [7, 11) is 0. The molecule has 1 aliphatic heterocycles. The van der Waals surface area contributed by atoms with Crippen LogP contribution in [0.2, 0.25) is 0 Å². The van der Waals surface area contributed by atoms with Crippen LogP contribution in [0.3, 0.4) is 0 Å². The molecule has 0 aromatic rings. The number of unbranched alkanes of at least 4 members (excludes halogenated alkanes) is 6. The predicted molar refractivity (Wildman–Crippen MR) is 95.1 cm³/mol. The van der Waals surface area contributed by atoms with Crippen molar-refractivity contribution in [2.45, 2.75) is 84.0 Å². The van der Waals surface area contributed by atoms with E-state index in [1.165, 1.54) is 37.2 Å². The van der Waals surface area contributed by atoms with Crippen LogP contribution in [0.4, 0.5) is 0 Å². The number of allylic oxidation sites excluding steroid dienone is 5. The lowest BCUT2D eigenvalue weighted by atomic mass is 10.1. The molecular weight excluding hydrogens is 288 g/mol. The lowest BCUT2D eigenvalue weighted by Crippen LogP contribution is -1.93. The average Bonchev–Trinajstić information content (AvgIpc) is 3.27. The third-order valence-electron chi connectivity index (χ3n) is 3.95. The van der Waals surface area contributed by atoms with Gasteiger partial charge in [0.05, 0.1) is 0 Å². The molecule has 1 rings (SSSR count). The first-order valence-electron chi connectivity index (χ1n) is 9.15. The lowest BCUT2D eigenvalue weighted by Gasteiger charge is -1.99. The Morgan fingerprint density at radius 3 is 2.26 bits per heavy atom. The SMILES string of the molecule is CC/C=C/C/C=C/CC1=C(CCCCCCCCCC(=O)O)O1. The van der Waals surface area contributed by atoms with E-state index < -0.39 is 5.97 Å². The largest absolute Gasteiger partial charge is 0.481 e. The Morgan fingerprint density at radius 1 is 0.913 bits per heavy atom. The molecule has 0 fully saturated rings. The van der Waals surface area contributed by atoms with Gasteiger partial charge >= 0.3 is 5.97 Å². The minimum Gasteiger partial charge on any atom is -0.481 e. The number of rotatable bonds is 15. The Labute approximate surface area is 141 Å². The second-order valence-corrected chi connectivity index (χ2v) is 6.11. The summed E-state index contributed by atoms with van der Waals surface area (Å²) in [6.45, 7) is 2.15. The molecule has 3 heteroatoms. The highest BCUT2D eigenvalue weighted by Crippen LogP contribution is 2.33. The van der Waals surface area contributed by atoms with Crippen molar-refractivity contribution >= 4 is 5.97 Å². The summed E-state index contributed by atoms with van der Waals surface area (Å²) in [6.07, 6.45) is 21.2. The summed E-state index contributed by atoms with van der Waals surface area (Å²) in [6, 6.07) is 0. The summed E-state index contributed by atoms with van der Waals surface area (Å²) in [5, 5.41) is 8.54. The molecule has 23 heavy (non-hydrogen) atoms. The maximum Gasteiger partial charge on any atom is 0.303 e. The van der Waals surface area contributed by atoms with Gasteiger partial charge in [0, 0.05) is 19.3 Å². The molecule has 130 valence electrons. The van der Waals surface area contributed by atoms with Crippen LogP contribution in [0.15, 0.2) is 35.8 Å². The molecule has 0 bridgehead atoms. The number of carbonyl (C=O) groups is 1. The van der Waals surface area contributed by atoms with E-state index in [2.05, 4.69) is 31.2 Å². The van der Waals surface area contributed by atoms with Gasteiger partial charge in [-0.3, -0.25) is 4.79 Å². The normalized spacial score (nSPS) is 14.0. The van der Waals surface area contributed by atoms with Gasteiger partial charge in [0.25, 0.3) is 0 Å². The lowest BCUT2D eigenvalue weighted by molar-refractivity contribution is -0.137. The Morgan fingerprint density at radius 2 is 1.57 bits per heavy atom. The molecule has 3 nitrogen and oxygen atoms in total. The quantitative estimate of drug-likeness (QED) is 0.292. The molecule has 0 unspecified atom stereocenters. The minimum atomic E-state index is -0.675. The molecule has 0 atom stereocenters. The Hall–Kier alpha value is -1.51. The van der Waals surface area contributed by atoms with Gasteiger partial charge in [-0.15, -0.1) is 0 Å². The zero-order valence-electron chi connectivity index (χ0n) is 14.6. The molecule has 1 N–H and O–H groups in total. The van der Waals surface area contributed by atoms with Crippen molar-refractivity contribution in [2.75, 3.05) is 0 Å². The zero-order valence-corrected chi connectivity index (χ0v) is 14.6. The average molecular weight is 320 g/mol. The van der Waals surface area contributed by atoms with Crippen LogP contribution in [-0.4, -0.2) is 11.1 Å². The fraction of sp³-hybridized carbons (Fsp3) is 0.650. The second kappa shape index (κ2) is 13.0. The molecule has 0 saturated heterocycles. The van der Waals surface area contributed by atoms with Crippen LogP contribution in [0.25, 0.3) is 0 Å². The van der Waals surface area contributed by atoms with Crippen molar-refractivity contribution in [3.63, 3.8) is 0 Å². The number of aliphatic carboxylic acids is 1. The fourth-order valence-corrected chi connectivity index (χ4v) is 2.54. The van der Waals surface area contributed by atoms with E-state index in [9.17, 15) is 4.79 Å². The highest BCUT2D eigenvalue weighted by Gasteiger charge is 2.22. The first-order valence-corrected chi connectivity index (χ1v) is 9.15. The third kappa shape index (κ3) is 11.7. The van der Waals surface area contributed by atoms with Crippen LogP contribution < -0.4 is 0 Å². The monoisotopic (exact) mass is 320 g/mol. The van der Waals surface area contributed by atoms with Gasteiger partial charge in [-0.25, -0.2) is 0 Å². The number of carboxylic acid groups (broad SMARTS) is 1. The van der Waals surface area contributed by atoms with Crippen molar-refractivity contribution in [1.82, 2.24) is 0 Å². The molecule has 1 aliphatic rings. The molecule has 0 aromatic heterocycles. The van der Waals surface area contributed by atoms with Crippen molar-refractivity contribution in [3.05, 3.63) is 35.8 Å². The number of ether oxygens (including phenoxy) is 1. The van der Waals surface area contributed by atoms with Crippen LogP contribution >= 0.6 is 0 Å². The summed E-state index contributed by atoms with van der Waals surface area (Å²) in [5.74, 6) is 1.71. The summed E-state index contributed by atoms with van der Waals surface area (Å²) in [5.41, 5.74) is 0. The topological polar surface area (TPSA) is 49.8 Å². The fourth-order valence-electron chi connectivity index (χ4n) is 2.54. The maximum absolute atomic E-state index is 10.4. The highest BCUT2D eigenvalue weighted by molar-refractivity contribution is 5.66. The van der Waals surface area contributed by atoms with E-state index in [1.807, 2.05) is 0 Å². The van der Waals surface area contributed by atoms with Gasteiger partial charge in [-0.05, 0) is 25.7 Å². The van der Waals surface area contributed by atoms with E-state index in [1.54, 1.807) is 0 Å². The number of hydrogen-bond acceptors (Lipinski definition) is 2. The van der Waals surface area contributed by atoms with Crippen molar-refractivity contribution in [1.29, 1.82) is 0 Å². The van der Waals surface area contributed by atoms with Crippen LogP contribution in [-0.2, 0) is 9.53 Å². The van der Waals surface area contributed by atoms with Crippen LogP contribution in [0, 0.1) is 0 Å². The molecule has 0 aliphatic carbocycles. The molecule has 0 spiro atoms. The van der Waals surface area contributed by atoms with Gasteiger partial charge in [0.1, 0.15) is 11.5 Å². The van der Waals surface area contributed by atoms with E-state index in [0.717, 1.165) is 44.9 Å². The van der Waals surface area contributed by atoms with Gasteiger partial charge in [-0.1, -0.05) is 63.3 Å². The van der Waals surface area contributed by atoms with Crippen LogP contribution in [0.1, 0.15) is 84.0 Å². The third-order valence-corrected chi connectivity index (χ3v) is 3.95. The van der Waals surface area contributed by atoms with E-state index in [0.29, 0.717) is 6.42 Å². The summed E-state index contributed by atoms with van der Waals surface area (Å²) < 4.78 is 5.54. The number of carboxylic acids is 1. The highest BCUT2D eigenvalue weighted by atomic mass is 16.6. The first kappa shape index (κ1) is 19.5. The Kier molecular flexibility index (Phi) is 11.0. The number of hydrogen-bond donors (Lipinski definition) is 1. The standard InChI is InChI=1S/C20H32O3/c1-2-3-4-5-9-12-15-18-19(23-18)16-13-10-7-6-8-11-14-17-20(21)22/h3-4,9,12H,2,5-8,10-11,13-17H2,1H3,(H,21,22)/b4-3+,12-9+. The second-order valence-electron chi connectivity index (χ2n) is 6.11. The van der Waals surface area contributed by atoms with Crippen molar-refractivity contribution in [2.24, 2.45) is 0 Å². The maximum atomic E-state index is 10.4. The summed E-state index contributed by atoms with van der Waals surface area (Å²) in [4.78, 5) is 10.4. The molecular formula is C20H32O3. The van der Waals surface area contributed by atoms with Gasteiger partial charge in [0.2, 0.25) is 0 Å². The molecule has 0 amide bonds. The Bertz CT molecular complexity index is 419. The van der Waals surface area contributed by atoms with Crippen molar-refractivity contribution < 1.29 is 14.6 Å². The van der Waals surface area contributed by atoms with Crippen LogP contribution in [0.5, 0.6) is 0 Å². The smallest absolute Gasteiger partial charge is 0.303 e. The van der Waals surface area contributed by atoms with Gasteiger partial charge in [0.15, 0.2) is 0 Å². The zero-order chi connectivity index (χ0) is 16.8. The molecule has 1 heterocycles.